The van der Waals surface area contributed by atoms with E-state index in [1.54, 1.807) is 14.2 Å². The zero-order valence-electron chi connectivity index (χ0n) is 11.2. The Morgan fingerprint density at radius 1 is 1.32 bits per heavy atom. The highest BCUT2D eigenvalue weighted by Gasteiger charge is 2.19. The third kappa shape index (κ3) is 2.90. The smallest absolute Gasteiger partial charge is 0.161 e. The molecule has 1 aliphatic heterocycles. The lowest BCUT2D eigenvalue weighted by Crippen LogP contribution is -2.37. The van der Waals surface area contributed by atoms with Crippen LogP contribution in [-0.4, -0.2) is 43.3 Å². The number of fused-ring (bicyclic) bond motifs is 1. The second-order valence-corrected chi connectivity index (χ2v) is 4.53. The summed E-state index contributed by atoms with van der Waals surface area (Å²) >= 11 is 0. The van der Waals surface area contributed by atoms with Crippen LogP contribution < -0.4 is 15.2 Å². The third-order valence-corrected chi connectivity index (χ3v) is 3.31. The number of benzene rings is 1. The minimum absolute atomic E-state index is 0.226. The Kier molecular flexibility index (Phi) is 4.11. The number of amidine groups is 1. The van der Waals surface area contributed by atoms with Gasteiger partial charge in [0, 0.05) is 13.1 Å². The van der Waals surface area contributed by atoms with E-state index in [1.165, 1.54) is 11.1 Å². The van der Waals surface area contributed by atoms with E-state index in [0.29, 0.717) is 6.54 Å². The largest absolute Gasteiger partial charge is 0.493 e. The molecule has 104 valence electrons. The van der Waals surface area contributed by atoms with Crippen molar-refractivity contribution in [2.75, 3.05) is 27.3 Å². The molecular weight excluding hydrogens is 246 g/mol. The van der Waals surface area contributed by atoms with E-state index in [2.05, 4.69) is 10.1 Å². The fourth-order valence-corrected chi connectivity index (χ4v) is 2.34. The maximum absolute atomic E-state index is 8.61. The number of oxime groups is 1. The second-order valence-electron chi connectivity index (χ2n) is 4.53. The van der Waals surface area contributed by atoms with Gasteiger partial charge in [0.15, 0.2) is 17.3 Å². The molecule has 3 N–H and O–H groups in total. The van der Waals surface area contributed by atoms with Gasteiger partial charge >= 0.3 is 0 Å². The van der Waals surface area contributed by atoms with Crippen LogP contribution in [0.4, 0.5) is 0 Å². The number of nitrogens with two attached hydrogens (primary N) is 1. The highest BCUT2D eigenvalue weighted by Crippen LogP contribution is 2.33. The van der Waals surface area contributed by atoms with Crippen LogP contribution in [0, 0.1) is 0 Å². The monoisotopic (exact) mass is 265 g/mol. The van der Waals surface area contributed by atoms with E-state index in [0.717, 1.165) is 31.0 Å². The Morgan fingerprint density at radius 2 is 1.95 bits per heavy atom. The summed E-state index contributed by atoms with van der Waals surface area (Å²) in [5, 5.41) is 11.6. The van der Waals surface area contributed by atoms with E-state index in [4.69, 9.17) is 20.4 Å². The van der Waals surface area contributed by atoms with Crippen LogP contribution in [0.5, 0.6) is 11.5 Å². The van der Waals surface area contributed by atoms with Crippen molar-refractivity contribution in [2.24, 2.45) is 10.9 Å². The maximum atomic E-state index is 8.61. The van der Waals surface area contributed by atoms with E-state index in [-0.39, 0.29) is 5.84 Å². The first kappa shape index (κ1) is 13.5. The molecular formula is C13H19N3O3. The molecule has 2 rings (SSSR count). The van der Waals surface area contributed by atoms with Crippen LogP contribution in [0.1, 0.15) is 11.1 Å². The summed E-state index contributed by atoms with van der Waals surface area (Å²) in [6, 6.07) is 4.02. The minimum Gasteiger partial charge on any atom is -0.493 e. The van der Waals surface area contributed by atoms with Gasteiger partial charge in [0.1, 0.15) is 0 Å². The molecule has 0 bridgehead atoms. The van der Waals surface area contributed by atoms with Gasteiger partial charge in [-0.3, -0.25) is 4.90 Å². The highest BCUT2D eigenvalue weighted by atomic mass is 16.5. The summed E-state index contributed by atoms with van der Waals surface area (Å²) in [5.74, 6) is 1.71. The zero-order chi connectivity index (χ0) is 13.8. The molecule has 19 heavy (non-hydrogen) atoms. The summed E-state index contributed by atoms with van der Waals surface area (Å²) in [6.07, 6.45) is 0.911. The fraction of sp³-hybridized carbons (Fsp3) is 0.462. The molecule has 1 aromatic carbocycles. The number of nitrogens with zero attached hydrogens (tertiary/aromatic N) is 2. The molecule has 0 fully saturated rings. The van der Waals surface area contributed by atoms with Crippen molar-refractivity contribution in [1.29, 1.82) is 0 Å². The second kappa shape index (κ2) is 5.79. The lowest BCUT2D eigenvalue weighted by molar-refractivity contribution is 0.275. The first-order chi connectivity index (χ1) is 9.17. The van der Waals surface area contributed by atoms with Crippen LogP contribution in [0.3, 0.4) is 0 Å². The molecule has 0 atom stereocenters. The fourth-order valence-electron chi connectivity index (χ4n) is 2.34. The Morgan fingerprint density at radius 3 is 2.53 bits per heavy atom. The Hall–Kier alpha value is -1.95. The van der Waals surface area contributed by atoms with Crippen molar-refractivity contribution in [3.63, 3.8) is 0 Å². The molecule has 0 aliphatic carbocycles. The van der Waals surface area contributed by atoms with Crippen molar-refractivity contribution in [3.8, 4) is 11.5 Å². The maximum Gasteiger partial charge on any atom is 0.161 e. The quantitative estimate of drug-likeness (QED) is 0.364. The van der Waals surface area contributed by atoms with Gasteiger partial charge in [-0.05, 0) is 29.7 Å². The summed E-state index contributed by atoms with van der Waals surface area (Å²) in [5.41, 5.74) is 7.99. The molecule has 0 amide bonds. The standard InChI is InChI=1S/C13H19N3O3/c1-18-11-5-9-3-4-16(8-13(14)15-17)7-10(9)6-12(11)19-2/h5-6,17H,3-4,7-8H2,1-2H3,(H2,14,15). The van der Waals surface area contributed by atoms with Crippen molar-refractivity contribution in [2.45, 2.75) is 13.0 Å². The van der Waals surface area contributed by atoms with Gasteiger partial charge in [-0.25, -0.2) is 0 Å². The van der Waals surface area contributed by atoms with E-state index < -0.39 is 0 Å². The van der Waals surface area contributed by atoms with Crippen LogP contribution in [0.25, 0.3) is 0 Å². The van der Waals surface area contributed by atoms with Crippen molar-refractivity contribution in [1.82, 2.24) is 4.90 Å². The van der Waals surface area contributed by atoms with Gasteiger partial charge in [-0.15, -0.1) is 0 Å². The van der Waals surface area contributed by atoms with Gasteiger partial charge in [0.05, 0.1) is 20.8 Å². The number of hydrogen-bond acceptors (Lipinski definition) is 5. The van der Waals surface area contributed by atoms with Crippen LogP contribution in [0.15, 0.2) is 17.3 Å². The molecule has 0 saturated heterocycles. The SMILES string of the molecule is COc1cc2c(cc1OC)CN(C/C(N)=N/O)CC2. The Labute approximate surface area is 112 Å². The average molecular weight is 265 g/mol. The van der Waals surface area contributed by atoms with E-state index in [1.807, 2.05) is 12.1 Å². The lowest BCUT2D eigenvalue weighted by Gasteiger charge is -2.28. The van der Waals surface area contributed by atoms with Crippen molar-refractivity contribution >= 4 is 5.84 Å². The van der Waals surface area contributed by atoms with Crippen LogP contribution in [-0.2, 0) is 13.0 Å². The predicted molar refractivity (Wildman–Crippen MR) is 71.9 cm³/mol. The lowest BCUT2D eigenvalue weighted by atomic mass is 9.99. The van der Waals surface area contributed by atoms with Gasteiger partial charge in [0.2, 0.25) is 0 Å². The highest BCUT2D eigenvalue weighted by molar-refractivity contribution is 5.81. The summed E-state index contributed by atoms with van der Waals surface area (Å²) in [6.45, 7) is 2.09. The zero-order valence-corrected chi connectivity index (χ0v) is 11.2. The topological polar surface area (TPSA) is 80.3 Å². The molecule has 0 radical (unpaired) electrons. The first-order valence-electron chi connectivity index (χ1n) is 6.10. The molecule has 1 heterocycles. The first-order valence-corrected chi connectivity index (χ1v) is 6.10. The number of hydrogen-bond donors (Lipinski definition) is 2. The number of rotatable bonds is 4. The third-order valence-electron chi connectivity index (χ3n) is 3.31. The molecule has 0 aromatic heterocycles. The predicted octanol–water partition coefficient (Wildman–Crippen LogP) is 0.808. The van der Waals surface area contributed by atoms with Gasteiger partial charge in [-0.1, -0.05) is 5.16 Å². The van der Waals surface area contributed by atoms with Crippen molar-refractivity contribution in [3.05, 3.63) is 23.3 Å². The molecule has 0 spiro atoms. The summed E-state index contributed by atoms with van der Waals surface area (Å²) in [7, 11) is 3.26. The molecule has 6 heteroatoms. The summed E-state index contributed by atoms with van der Waals surface area (Å²) < 4.78 is 10.6. The Balaban J connectivity index is 2.20. The van der Waals surface area contributed by atoms with Crippen molar-refractivity contribution < 1.29 is 14.7 Å². The summed E-state index contributed by atoms with van der Waals surface area (Å²) in [4.78, 5) is 2.13. The molecule has 0 saturated carbocycles. The normalized spacial score (nSPS) is 16.0. The molecule has 6 nitrogen and oxygen atoms in total. The molecule has 1 aliphatic rings. The Bertz CT molecular complexity index is 488. The van der Waals surface area contributed by atoms with Gasteiger partial charge in [0.25, 0.3) is 0 Å². The van der Waals surface area contributed by atoms with Crippen LogP contribution >= 0.6 is 0 Å². The van der Waals surface area contributed by atoms with Gasteiger partial charge in [-0.2, -0.15) is 0 Å². The van der Waals surface area contributed by atoms with E-state index in [9.17, 15) is 0 Å². The van der Waals surface area contributed by atoms with Gasteiger partial charge < -0.3 is 20.4 Å². The molecule has 0 unspecified atom stereocenters. The minimum atomic E-state index is 0.226. The number of ether oxygens (including phenoxy) is 2. The molecule has 1 aromatic rings. The van der Waals surface area contributed by atoms with Crippen LogP contribution in [0.2, 0.25) is 0 Å². The number of methoxy groups -OCH3 is 2. The van der Waals surface area contributed by atoms with E-state index >= 15 is 0 Å². The average Bonchev–Trinajstić information content (AvgIpc) is 2.45.